The molecule has 1 N–H and O–H groups in total. The first-order valence-corrected chi connectivity index (χ1v) is 8.86. The normalized spacial score (nSPS) is 17.6. The van der Waals surface area contributed by atoms with Crippen molar-refractivity contribution in [1.29, 1.82) is 0 Å². The molecule has 1 amide bonds. The Bertz CT molecular complexity index is 644. The van der Waals surface area contributed by atoms with Crippen molar-refractivity contribution in [3.63, 3.8) is 0 Å². The molecular formula is C17H22N4OS. The summed E-state index contributed by atoms with van der Waals surface area (Å²) < 4.78 is 1.86. The van der Waals surface area contributed by atoms with E-state index in [4.69, 9.17) is 0 Å². The van der Waals surface area contributed by atoms with Gasteiger partial charge in [0.05, 0.1) is 18.8 Å². The summed E-state index contributed by atoms with van der Waals surface area (Å²) in [5, 5.41) is 7.91. The summed E-state index contributed by atoms with van der Waals surface area (Å²) in [4.78, 5) is 15.7. The molecule has 1 aromatic heterocycles. The molecular weight excluding hydrogens is 308 g/mol. The molecule has 3 rings (SSSR count). The second kappa shape index (κ2) is 7.66. The number of hydrogen-bond acceptors (Lipinski definition) is 4. The Morgan fingerprint density at radius 2 is 2.26 bits per heavy atom. The summed E-state index contributed by atoms with van der Waals surface area (Å²) >= 11 is 1.85. The molecule has 122 valence electrons. The number of rotatable bonds is 5. The SMILES string of the molecule is C[C@H]1CCN(C(=O)CNCCn2cccn2)c2ccccc2S1. The third kappa shape index (κ3) is 4.14. The number of fused-ring (bicyclic) bond motifs is 1. The van der Waals surface area contributed by atoms with Gasteiger partial charge in [-0.2, -0.15) is 5.10 Å². The van der Waals surface area contributed by atoms with Gasteiger partial charge >= 0.3 is 0 Å². The van der Waals surface area contributed by atoms with Crippen LogP contribution in [0.4, 0.5) is 5.69 Å². The lowest BCUT2D eigenvalue weighted by Crippen LogP contribution is -2.39. The molecule has 0 unspecified atom stereocenters. The van der Waals surface area contributed by atoms with E-state index >= 15 is 0 Å². The van der Waals surface area contributed by atoms with E-state index in [1.807, 2.05) is 51.8 Å². The summed E-state index contributed by atoms with van der Waals surface area (Å²) in [7, 11) is 0. The van der Waals surface area contributed by atoms with Gasteiger partial charge in [0.25, 0.3) is 0 Å². The molecule has 0 saturated carbocycles. The molecule has 2 heterocycles. The van der Waals surface area contributed by atoms with Crippen LogP contribution in [0.1, 0.15) is 13.3 Å². The number of nitrogens with one attached hydrogen (secondary N) is 1. The van der Waals surface area contributed by atoms with Gasteiger partial charge in [0.15, 0.2) is 0 Å². The Morgan fingerprint density at radius 1 is 1.39 bits per heavy atom. The summed E-state index contributed by atoms with van der Waals surface area (Å²) in [5.41, 5.74) is 1.04. The van der Waals surface area contributed by atoms with Gasteiger partial charge in [-0.3, -0.25) is 9.48 Å². The molecule has 2 aromatic rings. The first-order valence-electron chi connectivity index (χ1n) is 7.98. The number of benzene rings is 1. The average molecular weight is 330 g/mol. The predicted molar refractivity (Wildman–Crippen MR) is 93.8 cm³/mol. The quantitative estimate of drug-likeness (QED) is 0.855. The van der Waals surface area contributed by atoms with Crippen LogP contribution in [-0.2, 0) is 11.3 Å². The number of nitrogens with zero attached hydrogens (tertiary/aromatic N) is 3. The van der Waals surface area contributed by atoms with E-state index in [2.05, 4.69) is 23.4 Å². The number of hydrogen-bond donors (Lipinski definition) is 1. The third-order valence-corrected chi connectivity index (χ3v) is 5.13. The second-order valence-corrected chi connectivity index (χ2v) is 7.16. The number of amides is 1. The van der Waals surface area contributed by atoms with Crippen molar-refractivity contribution in [1.82, 2.24) is 15.1 Å². The first kappa shape index (κ1) is 16.1. The van der Waals surface area contributed by atoms with E-state index in [1.165, 1.54) is 4.90 Å². The van der Waals surface area contributed by atoms with Gasteiger partial charge in [0.1, 0.15) is 0 Å². The van der Waals surface area contributed by atoms with Crippen molar-refractivity contribution in [3.8, 4) is 0 Å². The zero-order chi connectivity index (χ0) is 16.1. The zero-order valence-corrected chi connectivity index (χ0v) is 14.1. The topological polar surface area (TPSA) is 50.2 Å². The van der Waals surface area contributed by atoms with Crippen LogP contribution in [0.5, 0.6) is 0 Å². The third-order valence-electron chi connectivity index (χ3n) is 3.90. The van der Waals surface area contributed by atoms with E-state index in [0.29, 0.717) is 11.8 Å². The van der Waals surface area contributed by atoms with E-state index in [0.717, 1.165) is 31.7 Å². The van der Waals surface area contributed by atoms with Gasteiger partial charge < -0.3 is 10.2 Å². The van der Waals surface area contributed by atoms with E-state index in [9.17, 15) is 4.79 Å². The maximum Gasteiger partial charge on any atom is 0.240 e. The van der Waals surface area contributed by atoms with Gasteiger partial charge in [0.2, 0.25) is 5.91 Å². The van der Waals surface area contributed by atoms with Crippen molar-refractivity contribution >= 4 is 23.4 Å². The monoisotopic (exact) mass is 330 g/mol. The lowest BCUT2D eigenvalue weighted by molar-refractivity contribution is -0.117. The highest BCUT2D eigenvalue weighted by molar-refractivity contribution is 8.00. The Labute approximate surface area is 141 Å². The van der Waals surface area contributed by atoms with Gasteiger partial charge in [-0.25, -0.2) is 0 Å². The highest BCUT2D eigenvalue weighted by Gasteiger charge is 2.23. The fourth-order valence-electron chi connectivity index (χ4n) is 2.66. The van der Waals surface area contributed by atoms with Crippen molar-refractivity contribution in [2.75, 3.05) is 24.5 Å². The molecule has 23 heavy (non-hydrogen) atoms. The van der Waals surface area contributed by atoms with E-state index < -0.39 is 0 Å². The molecule has 0 fully saturated rings. The number of anilines is 1. The molecule has 0 spiro atoms. The fourth-order valence-corrected chi connectivity index (χ4v) is 3.78. The summed E-state index contributed by atoms with van der Waals surface area (Å²) in [5.74, 6) is 0.132. The number of aromatic nitrogens is 2. The average Bonchev–Trinajstić information content (AvgIpc) is 3.00. The number of thioether (sulfide) groups is 1. The van der Waals surface area contributed by atoms with Crippen molar-refractivity contribution in [2.45, 2.75) is 30.0 Å². The van der Waals surface area contributed by atoms with Gasteiger partial charge in [-0.05, 0) is 24.6 Å². The van der Waals surface area contributed by atoms with Crippen LogP contribution in [0.15, 0.2) is 47.6 Å². The minimum Gasteiger partial charge on any atom is -0.310 e. The van der Waals surface area contributed by atoms with Crippen LogP contribution in [0.2, 0.25) is 0 Å². The Balaban J connectivity index is 1.58. The van der Waals surface area contributed by atoms with Gasteiger partial charge in [0, 0.05) is 35.6 Å². The maximum absolute atomic E-state index is 12.6. The minimum absolute atomic E-state index is 0.132. The van der Waals surface area contributed by atoms with E-state index in [-0.39, 0.29) is 5.91 Å². The zero-order valence-electron chi connectivity index (χ0n) is 13.3. The van der Waals surface area contributed by atoms with Crippen LogP contribution in [0, 0.1) is 0 Å². The maximum atomic E-state index is 12.6. The number of para-hydroxylation sites is 1. The van der Waals surface area contributed by atoms with Crippen LogP contribution < -0.4 is 10.2 Å². The first-order chi connectivity index (χ1) is 11.2. The van der Waals surface area contributed by atoms with Crippen molar-refractivity contribution in [2.24, 2.45) is 0 Å². The van der Waals surface area contributed by atoms with E-state index in [1.54, 1.807) is 6.20 Å². The summed E-state index contributed by atoms with van der Waals surface area (Å²) in [6.45, 7) is 4.86. The summed E-state index contributed by atoms with van der Waals surface area (Å²) in [6, 6.07) is 10.1. The molecule has 1 aliphatic heterocycles. The van der Waals surface area contributed by atoms with Crippen molar-refractivity contribution < 1.29 is 4.79 Å². The largest absolute Gasteiger partial charge is 0.310 e. The predicted octanol–water partition coefficient (Wildman–Crippen LogP) is 2.39. The Kier molecular flexibility index (Phi) is 5.35. The molecule has 5 nitrogen and oxygen atoms in total. The van der Waals surface area contributed by atoms with Gasteiger partial charge in [-0.1, -0.05) is 19.1 Å². The lowest BCUT2D eigenvalue weighted by Gasteiger charge is -2.22. The van der Waals surface area contributed by atoms with Crippen LogP contribution in [0.3, 0.4) is 0 Å². The minimum atomic E-state index is 0.132. The second-order valence-electron chi connectivity index (χ2n) is 5.68. The molecule has 1 atom stereocenters. The standard InChI is InChI=1S/C17H22N4OS/c1-14-7-11-21(15-5-2-3-6-16(15)23-14)17(22)13-18-9-12-20-10-4-8-19-20/h2-6,8,10,14,18H,7,9,11-13H2,1H3/t14-/m0/s1. The summed E-state index contributed by atoms with van der Waals surface area (Å²) in [6.07, 6.45) is 4.70. The van der Waals surface area contributed by atoms with Crippen molar-refractivity contribution in [3.05, 3.63) is 42.7 Å². The molecule has 0 saturated heterocycles. The number of carbonyl (C=O) groups excluding carboxylic acids is 1. The Morgan fingerprint density at radius 3 is 3.09 bits per heavy atom. The van der Waals surface area contributed by atoms with Crippen LogP contribution in [-0.4, -0.2) is 40.6 Å². The van der Waals surface area contributed by atoms with Crippen LogP contribution >= 0.6 is 11.8 Å². The molecule has 1 aromatic carbocycles. The highest BCUT2D eigenvalue weighted by atomic mass is 32.2. The molecule has 0 aliphatic carbocycles. The highest BCUT2D eigenvalue weighted by Crippen LogP contribution is 2.37. The molecule has 0 radical (unpaired) electrons. The van der Waals surface area contributed by atoms with Crippen LogP contribution in [0.25, 0.3) is 0 Å². The van der Waals surface area contributed by atoms with Gasteiger partial charge in [-0.15, -0.1) is 11.8 Å². The lowest BCUT2D eigenvalue weighted by atomic mass is 10.2. The Hall–Kier alpha value is -1.79. The fraction of sp³-hybridized carbons (Fsp3) is 0.412. The number of carbonyl (C=O) groups is 1. The molecule has 0 bridgehead atoms. The molecule has 6 heteroatoms. The smallest absolute Gasteiger partial charge is 0.240 e. The molecule has 1 aliphatic rings.